The highest BCUT2D eigenvalue weighted by Crippen LogP contribution is 2.37. The van der Waals surface area contributed by atoms with E-state index in [2.05, 4.69) is 44.7 Å². The summed E-state index contributed by atoms with van der Waals surface area (Å²) in [6.45, 7) is 7.13. The molecule has 0 spiro atoms. The van der Waals surface area contributed by atoms with Crippen molar-refractivity contribution < 1.29 is 9.53 Å². The van der Waals surface area contributed by atoms with E-state index >= 15 is 0 Å². The highest BCUT2D eigenvalue weighted by molar-refractivity contribution is 5.97. The molecule has 186 valence electrons. The highest BCUT2D eigenvalue weighted by atomic mass is 16.5. The fourth-order valence-corrected chi connectivity index (χ4v) is 5.47. The Hall–Kier alpha value is -3.70. The van der Waals surface area contributed by atoms with Crippen molar-refractivity contribution in [3.05, 3.63) is 76.1 Å². The zero-order valence-electron chi connectivity index (χ0n) is 21.2. The molecule has 0 N–H and O–H groups in total. The lowest BCUT2D eigenvalue weighted by molar-refractivity contribution is 0.0723. The Labute approximate surface area is 212 Å². The number of aryl methyl sites for hydroxylation is 1. The molecular weight excluding hydrogens is 452 g/mol. The van der Waals surface area contributed by atoms with Crippen LogP contribution in [0.15, 0.2) is 36.8 Å². The predicted octanol–water partition coefficient (Wildman–Crippen LogP) is 3.87. The molecule has 2 aliphatic rings. The smallest absolute Gasteiger partial charge is 0.254 e. The Kier molecular flexibility index (Phi) is 6.75. The van der Waals surface area contributed by atoms with Crippen LogP contribution in [0.4, 0.5) is 0 Å². The van der Waals surface area contributed by atoms with E-state index in [-0.39, 0.29) is 5.91 Å². The summed E-state index contributed by atoms with van der Waals surface area (Å²) in [5, 5.41) is 9.33. The van der Waals surface area contributed by atoms with Crippen molar-refractivity contribution >= 4 is 5.91 Å². The molecule has 0 radical (unpaired) electrons. The van der Waals surface area contributed by atoms with Crippen molar-refractivity contribution in [1.29, 1.82) is 5.26 Å². The monoisotopic (exact) mass is 484 g/mol. The molecule has 0 aliphatic carbocycles. The number of hydrogen-bond donors (Lipinski definition) is 0. The van der Waals surface area contributed by atoms with Gasteiger partial charge in [-0.1, -0.05) is 6.07 Å². The van der Waals surface area contributed by atoms with Crippen molar-refractivity contribution in [2.45, 2.75) is 52.2 Å². The lowest BCUT2D eigenvalue weighted by Gasteiger charge is -2.32. The van der Waals surface area contributed by atoms with Gasteiger partial charge < -0.3 is 14.2 Å². The van der Waals surface area contributed by atoms with Gasteiger partial charge in [0.15, 0.2) is 0 Å². The number of aromatic nitrogens is 3. The lowest BCUT2D eigenvalue weighted by atomic mass is 9.87. The number of pyridine rings is 1. The molecule has 4 heterocycles. The van der Waals surface area contributed by atoms with Gasteiger partial charge in [0.1, 0.15) is 23.2 Å². The summed E-state index contributed by atoms with van der Waals surface area (Å²) in [5.41, 5.74) is 5.52. The first-order chi connectivity index (χ1) is 17.5. The number of ether oxygens (including phenoxy) is 1. The molecule has 1 amide bonds. The molecule has 1 unspecified atom stereocenters. The van der Waals surface area contributed by atoms with Crippen LogP contribution in [-0.4, -0.2) is 57.0 Å². The molecular formula is C28H32N6O2. The number of imidazole rings is 1. The van der Waals surface area contributed by atoms with Gasteiger partial charge in [-0.3, -0.25) is 14.7 Å². The summed E-state index contributed by atoms with van der Waals surface area (Å²) in [6.07, 6.45) is 8.43. The second kappa shape index (κ2) is 10.1. The number of rotatable bonds is 7. The van der Waals surface area contributed by atoms with E-state index in [0.29, 0.717) is 43.6 Å². The molecule has 5 rings (SSSR count). The van der Waals surface area contributed by atoms with Crippen LogP contribution in [0, 0.1) is 18.3 Å². The molecule has 8 nitrogen and oxygen atoms in total. The van der Waals surface area contributed by atoms with Gasteiger partial charge in [-0.05, 0) is 69.5 Å². The number of carbonyl (C=O) groups is 1. The second-order valence-electron chi connectivity index (χ2n) is 9.65. The van der Waals surface area contributed by atoms with Crippen LogP contribution in [0.2, 0.25) is 0 Å². The Morgan fingerprint density at radius 1 is 1.19 bits per heavy atom. The summed E-state index contributed by atoms with van der Waals surface area (Å²) >= 11 is 0. The minimum absolute atomic E-state index is 0.0338. The molecule has 1 saturated heterocycles. The van der Waals surface area contributed by atoms with Crippen LogP contribution in [0.3, 0.4) is 0 Å². The topological polar surface area (TPSA) is 87.3 Å². The number of benzene rings is 1. The van der Waals surface area contributed by atoms with E-state index in [1.54, 1.807) is 6.07 Å². The predicted molar refractivity (Wildman–Crippen MR) is 136 cm³/mol. The SMILES string of the molecule is CCOc1cc(CN2CCc3c(cc(Cn4ccnc4C)cc3C3CCCN3C)C2=O)ncc1C#N. The molecule has 1 fully saturated rings. The standard InChI is InChI=1S/C28H32N6O2/c1-4-36-27-14-22(31-16-21(27)15-29)18-34-10-7-23-24(26-6-5-9-32(26)3)12-20(13-25(23)28(34)35)17-33-11-8-30-19(33)2/h8,11-14,16,26H,4-7,9-10,17-18H2,1-3H3. The molecule has 0 saturated carbocycles. The van der Waals surface area contributed by atoms with Gasteiger partial charge in [-0.2, -0.15) is 5.26 Å². The maximum absolute atomic E-state index is 13.8. The van der Waals surface area contributed by atoms with E-state index in [4.69, 9.17) is 4.74 Å². The zero-order valence-corrected chi connectivity index (χ0v) is 21.2. The van der Waals surface area contributed by atoms with Crippen LogP contribution < -0.4 is 4.74 Å². The summed E-state index contributed by atoms with van der Waals surface area (Å²) in [7, 11) is 2.18. The quantitative estimate of drug-likeness (QED) is 0.506. The van der Waals surface area contributed by atoms with Crippen molar-refractivity contribution in [1.82, 2.24) is 24.3 Å². The number of nitrogens with zero attached hydrogens (tertiary/aromatic N) is 6. The van der Waals surface area contributed by atoms with E-state index in [1.165, 1.54) is 23.7 Å². The average Bonchev–Trinajstić information content (AvgIpc) is 3.48. The molecule has 2 aliphatic heterocycles. The maximum Gasteiger partial charge on any atom is 0.254 e. The number of hydrogen-bond acceptors (Lipinski definition) is 6. The Morgan fingerprint density at radius 2 is 2.06 bits per heavy atom. The largest absolute Gasteiger partial charge is 0.492 e. The zero-order chi connectivity index (χ0) is 25.2. The number of nitriles is 1. The first-order valence-electron chi connectivity index (χ1n) is 12.6. The summed E-state index contributed by atoms with van der Waals surface area (Å²) in [4.78, 5) is 26.9. The third-order valence-corrected chi connectivity index (χ3v) is 7.35. The van der Waals surface area contributed by atoms with Crippen LogP contribution in [0.25, 0.3) is 0 Å². The molecule has 3 aromatic rings. The van der Waals surface area contributed by atoms with Crippen LogP contribution in [-0.2, 0) is 19.5 Å². The van der Waals surface area contributed by atoms with Gasteiger partial charge in [0.25, 0.3) is 5.91 Å². The van der Waals surface area contributed by atoms with Gasteiger partial charge in [0.05, 0.1) is 18.8 Å². The van der Waals surface area contributed by atoms with Gasteiger partial charge >= 0.3 is 0 Å². The fourth-order valence-electron chi connectivity index (χ4n) is 5.47. The first-order valence-corrected chi connectivity index (χ1v) is 12.6. The summed E-state index contributed by atoms with van der Waals surface area (Å²) in [6, 6.07) is 8.62. The van der Waals surface area contributed by atoms with Gasteiger partial charge in [0, 0.05) is 49.4 Å². The van der Waals surface area contributed by atoms with Crippen LogP contribution >= 0.6 is 0 Å². The minimum Gasteiger partial charge on any atom is -0.492 e. The third-order valence-electron chi connectivity index (χ3n) is 7.35. The highest BCUT2D eigenvalue weighted by Gasteiger charge is 2.32. The summed E-state index contributed by atoms with van der Waals surface area (Å²) < 4.78 is 7.74. The molecule has 1 atom stereocenters. The number of amides is 1. The summed E-state index contributed by atoms with van der Waals surface area (Å²) in [5.74, 6) is 1.50. The van der Waals surface area contributed by atoms with Crippen molar-refractivity contribution in [3.8, 4) is 11.8 Å². The second-order valence-corrected chi connectivity index (χ2v) is 9.65. The third kappa shape index (κ3) is 4.59. The molecule has 36 heavy (non-hydrogen) atoms. The molecule has 8 heteroatoms. The van der Waals surface area contributed by atoms with Gasteiger partial charge in [-0.25, -0.2) is 4.98 Å². The average molecular weight is 485 g/mol. The molecule has 2 aromatic heterocycles. The number of likely N-dealkylation sites (tertiary alicyclic amines) is 1. The fraction of sp³-hybridized carbons (Fsp3) is 0.429. The van der Waals surface area contributed by atoms with E-state index in [1.807, 2.05) is 31.1 Å². The van der Waals surface area contributed by atoms with Gasteiger partial charge in [0.2, 0.25) is 0 Å². The van der Waals surface area contributed by atoms with Gasteiger partial charge in [-0.15, -0.1) is 0 Å². The van der Waals surface area contributed by atoms with Crippen molar-refractivity contribution in [2.24, 2.45) is 0 Å². The minimum atomic E-state index is 0.0338. The Morgan fingerprint density at radius 3 is 2.75 bits per heavy atom. The Bertz CT molecular complexity index is 1320. The number of fused-ring (bicyclic) bond motifs is 1. The first kappa shape index (κ1) is 24.0. The number of carbonyl (C=O) groups excluding carboxylic acids is 1. The van der Waals surface area contributed by atoms with E-state index in [9.17, 15) is 10.1 Å². The lowest BCUT2D eigenvalue weighted by Crippen LogP contribution is -2.38. The molecule has 0 bridgehead atoms. The normalized spacial score (nSPS) is 17.8. The maximum atomic E-state index is 13.8. The van der Waals surface area contributed by atoms with Crippen LogP contribution in [0.1, 0.15) is 69.9 Å². The van der Waals surface area contributed by atoms with E-state index in [0.717, 1.165) is 42.0 Å². The van der Waals surface area contributed by atoms with Crippen molar-refractivity contribution in [3.63, 3.8) is 0 Å². The van der Waals surface area contributed by atoms with E-state index < -0.39 is 0 Å². The van der Waals surface area contributed by atoms with Crippen molar-refractivity contribution in [2.75, 3.05) is 26.7 Å². The Balaban J connectivity index is 1.48. The van der Waals surface area contributed by atoms with Crippen LogP contribution in [0.5, 0.6) is 5.75 Å². The molecule has 1 aromatic carbocycles.